The number of thioether (sulfide) groups is 1. The maximum absolute atomic E-state index is 12.8. The van der Waals surface area contributed by atoms with E-state index in [-0.39, 0.29) is 11.2 Å². The molecule has 160 valence electrons. The lowest BCUT2D eigenvalue weighted by Gasteiger charge is -2.19. The van der Waals surface area contributed by atoms with E-state index in [0.717, 1.165) is 33.8 Å². The SMILES string of the molecule is CCOc1ccccc1[C@@H]1SCC(=O)Nc2c1c(-c1ccccc1)nn2-c1ccccc1. The van der Waals surface area contributed by atoms with Crippen LogP contribution in [0.1, 0.15) is 23.3 Å². The van der Waals surface area contributed by atoms with Crippen LogP contribution in [-0.4, -0.2) is 28.0 Å². The van der Waals surface area contributed by atoms with Crippen molar-refractivity contribution in [1.29, 1.82) is 0 Å². The topological polar surface area (TPSA) is 56.1 Å². The number of ether oxygens (including phenoxy) is 1. The molecule has 5 nitrogen and oxygen atoms in total. The van der Waals surface area contributed by atoms with Crippen LogP contribution in [0.3, 0.4) is 0 Å². The molecule has 1 N–H and O–H groups in total. The Kier molecular flexibility index (Phi) is 5.69. The van der Waals surface area contributed by atoms with Crippen molar-refractivity contribution in [2.75, 3.05) is 17.7 Å². The number of anilines is 1. The quantitative estimate of drug-likeness (QED) is 0.431. The second-order valence-electron chi connectivity index (χ2n) is 7.43. The molecule has 1 aliphatic rings. The van der Waals surface area contributed by atoms with Gasteiger partial charge in [0, 0.05) is 16.7 Å². The molecule has 1 aromatic heterocycles. The Hall–Kier alpha value is -3.51. The molecule has 5 rings (SSSR count). The molecule has 2 heterocycles. The third-order valence-corrected chi connectivity index (χ3v) is 6.62. The number of nitrogens with zero attached hydrogens (tertiary/aromatic N) is 2. The first-order valence-corrected chi connectivity index (χ1v) is 11.7. The predicted octanol–water partition coefficient (Wildman–Crippen LogP) is 5.71. The lowest BCUT2D eigenvalue weighted by Crippen LogP contribution is -2.15. The van der Waals surface area contributed by atoms with Crippen LogP contribution in [0, 0.1) is 0 Å². The number of amides is 1. The van der Waals surface area contributed by atoms with Gasteiger partial charge in [0.1, 0.15) is 11.6 Å². The van der Waals surface area contributed by atoms with E-state index in [0.29, 0.717) is 18.2 Å². The fraction of sp³-hybridized carbons (Fsp3) is 0.154. The first-order chi connectivity index (χ1) is 15.8. The molecule has 6 heteroatoms. The summed E-state index contributed by atoms with van der Waals surface area (Å²) in [5.41, 5.74) is 4.80. The third kappa shape index (κ3) is 3.78. The van der Waals surface area contributed by atoms with Crippen LogP contribution in [0.2, 0.25) is 0 Å². The zero-order valence-corrected chi connectivity index (χ0v) is 18.5. The van der Waals surface area contributed by atoms with E-state index >= 15 is 0 Å². The highest BCUT2D eigenvalue weighted by Gasteiger charge is 2.33. The molecular weight excluding hydrogens is 418 g/mol. The number of carbonyl (C=O) groups excluding carboxylic acids is 1. The smallest absolute Gasteiger partial charge is 0.235 e. The van der Waals surface area contributed by atoms with Crippen molar-refractivity contribution in [2.45, 2.75) is 12.2 Å². The van der Waals surface area contributed by atoms with Crippen molar-refractivity contribution in [3.8, 4) is 22.7 Å². The molecule has 1 atom stereocenters. The Balaban J connectivity index is 1.79. The maximum atomic E-state index is 12.8. The van der Waals surface area contributed by atoms with Gasteiger partial charge in [0.2, 0.25) is 5.91 Å². The zero-order chi connectivity index (χ0) is 21.9. The number of aromatic nitrogens is 2. The molecule has 0 saturated carbocycles. The van der Waals surface area contributed by atoms with Gasteiger partial charge in [-0.15, -0.1) is 11.8 Å². The van der Waals surface area contributed by atoms with Crippen molar-refractivity contribution in [3.63, 3.8) is 0 Å². The van der Waals surface area contributed by atoms with Crippen molar-refractivity contribution in [2.24, 2.45) is 0 Å². The molecule has 0 bridgehead atoms. The molecule has 0 saturated heterocycles. The lowest BCUT2D eigenvalue weighted by atomic mass is 9.99. The van der Waals surface area contributed by atoms with Crippen LogP contribution in [0.5, 0.6) is 5.75 Å². The van der Waals surface area contributed by atoms with Gasteiger partial charge in [0.05, 0.1) is 29.0 Å². The molecule has 1 amide bonds. The average molecular weight is 442 g/mol. The first kappa shape index (κ1) is 20.4. The van der Waals surface area contributed by atoms with Crippen LogP contribution < -0.4 is 10.1 Å². The van der Waals surface area contributed by atoms with Gasteiger partial charge in [-0.25, -0.2) is 4.68 Å². The van der Waals surface area contributed by atoms with Crippen molar-refractivity contribution in [3.05, 3.63) is 96.1 Å². The van der Waals surface area contributed by atoms with Gasteiger partial charge in [-0.05, 0) is 25.1 Å². The Labute approximate surface area is 191 Å². The molecule has 32 heavy (non-hydrogen) atoms. The molecule has 0 fully saturated rings. The van der Waals surface area contributed by atoms with E-state index in [1.54, 1.807) is 11.8 Å². The molecule has 0 radical (unpaired) electrons. The number of hydrogen-bond acceptors (Lipinski definition) is 4. The minimum atomic E-state index is -0.112. The standard InChI is InChI=1S/C26H23N3O2S/c1-2-31-21-16-10-9-15-20(21)25-23-24(18-11-5-3-6-12-18)28-29(19-13-7-4-8-14-19)26(23)27-22(30)17-32-25/h3-16,25H,2,17H2,1H3,(H,27,30)/t25-/m0/s1. The maximum Gasteiger partial charge on any atom is 0.235 e. The Morgan fingerprint density at radius 3 is 2.44 bits per heavy atom. The summed E-state index contributed by atoms with van der Waals surface area (Å²) in [7, 11) is 0. The van der Waals surface area contributed by atoms with Gasteiger partial charge in [-0.1, -0.05) is 66.7 Å². The zero-order valence-electron chi connectivity index (χ0n) is 17.7. The van der Waals surface area contributed by atoms with E-state index < -0.39 is 0 Å². The van der Waals surface area contributed by atoms with Crippen molar-refractivity contribution in [1.82, 2.24) is 9.78 Å². The van der Waals surface area contributed by atoms with Gasteiger partial charge >= 0.3 is 0 Å². The minimum absolute atomic E-state index is 0.0377. The highest BCUT2D eigenvalue weighted by atomic mass is 32.2. The Morgan fingerprint density at radius 2 is 1.69 bits per heavy atom. The summed E-state index contributed by atoms with van der Waals surface area (Å²) in [5, 5.41) is 8.03. The lowest BCUT2D eigenvalue weighted by molar-refractivity contribution is -0.113. The van der Waals surface area contributed by atoms with E-state index in [1.165, 1.54) is 0 Å². The summed E-state index contributed by atoms with van der Waals surface area (Å²) in [5.74, 6) is 1.85. The van der Waals surface area contributed by atoms with Crippen molar-refractivity contribution < 1.29 is 9.53 Å². The van der Waals surface area contributed by atoms with Crippen LogP contribution >= 0.6 is 11.8 Å². The highest BCUT2D eigenvalue weighted by Crippen LogP contribution is 2.48. The van der Waals surface area contributed by atoms with E-state index in [1.807, 2.05) is 78.3 Å². The van der Waals surface area contributed by atoms with Gasteiger partial charge in [-0.2, -0.15) is 5.10 Å². The minimum Gasteiger partial charge on any atom is -0.494 e. The summed E-state index contributed by atoms with van der Waals surface area (Å²) in [4.78, 5) is 12.8. The third-order valence-electron chi connectivity index (χ3n) is 5.37. The molecular formula is C26H23N3O2S. The monoisotopic (exact) mass is 441 g/mol. The van der Waals surface area contributed by atoms with Crippen LogP contribution in [-0.2, 0) is 4.79 Å². The average Bonchev–Trinajstić information content (AvgIpc) is 3.11. The molecule has 0 spiro atoms. The Bertz CT molecular complexity index is 1240. The Morgan fingerprint density at radius 1 is 1.00 bits per heavy atom. The molecule has 0 unspecified atom stereocenters. The van der Waals surface area contributed by atoms with Gasteiger partial charge in [0.25, 0.3) is 0 Å². The fourth-order valence-electron chi connectivity index (χ4n) is 4.00. The van der Waals surface area contributed by atoms with E-state index in [2.05, 4.69) is 23.5 Å². The summed E-state index contributed by atoms with van der Waals surface area (Å²) in [6.45, 7) is 2.56. The molecule has 3 aromatic carbocycles. The number of fused-ring (bicyclic) bond motifs is 1. The summed E-state index contributed by atoms with van der Waals surface area (Å²) < 4.78 is 7.81. The van der Waals surface area contributed by atoms with Gasteiger partial charge in [-0.3, -0.25) is 4.79 Å². The van der Waals surface area contributed by atoms with Crippen LogP contribution in [0.25, 0.3) is 16.9 Å². The van der Waals surface area contributed by atoms with Gasteiger partial charge in [0.15, 0.2) is 0 Å². The van der Waals surface area contributed by atoms with Gasteiger partial charge < -0.3 is 10.1 Å². The number of para-hydroxylation sites is 2. The highest BCUT2D eigenvalue weighted by molar-refractivity contribution is 8.00. The van der Waals surface area contributed by atoms with E-state index in [9.17, 15) is 4.79 Å². The normalized spacial score (nSPS) is 15.5. The van der Waals surface area contributed by atoms with Crippen LogP contribution in [0.4, 0.5) is 5.82 Å². The second kappa shape index (κ2) is 8.93. The summed E-state index contributed by atoms with van der Waals surface area (Å²) in [6.07, 6.45) is 0. The number of hydrogen-bond donors (Lipinski definition) is 1. The first-order valence-electron chi connectivity index (χ1n) is 10.6. The number of rotatable bonds is 5. The fourth-order valence-corrected chi connectivity index (χ4v) is 5.16. The second-order valence-corrected chi connectivity index (χ2v) is 8.53. The largest absolute Gasteiger partial charge is 0.494 e. The molecule has 1 aliphatic heterocycles. The van der Waals surface area contributed by atoms with Crippen molar-refractivity contribution >= 4 is 23.5 Å². The number of benzene rings is 3. The molecule has 0 aliphatic carbocycles. The van der Waals surface area contributed by atoms with Crippen LogP contribution in [0.15, 0.2) is 84.9 Å². The molecule has 4 aromatic rings. The van der Waals surface area contributed by atoms with E-state index in [4.69, 9.17) is 9.84 Å². The number of carbonyl (C=O) groups is 1. The summed E-state index contributed by atoms with van der Waals surface area (Å²) in [6, 6.07) is 28.1. The number of nitrogens with one attached hydrogen (secondary N) is 1. The predicted molar refractivity (Wildman–Crippen MR) is 130 cm³/mol. The summed E-state index contributed by atoms with van der Waals surface area (Å²) >= 11 is 1.60.